The van der Waals surface area contributed by atoms with E-state index >= 15 is 0 Å². The summed E-state index contributed by atoms with van der Waals surface area (Å²) in [6, 6.07) is -1.74. The zero-order valence-corrected chi connectivity index (χ0v) is 10.5. The molecule has 94 valence electrons. The lowest BCUT2D eigenvalue weighted by atomic mass is 9.73. The Morgan fingerprint density at radius 1 is 1.53 bits per heavy atom. The van der Waals surface area contributed by atoms with E-state index in [0.29, 0.717) is 0 Å². The monoisotopic (exact) mass is 306 g/mol. The topological polar surface area (TPSA) is 98.5 Å². The molecule has 1 saturated heterocycles. The molecule has 0 aromatic rings. The second-order valence-corrected chi connectivity index (χ2v) is 5.54. The van der Waals surface area contributed by atoms with Crippen LogP contribution in [0.15, 0.2) is 0 Å². The van der Waals surface area contributed by atoms with Crippen LogP contribution in [0.3, 0.4) is 0 Å². The SMILES string of the molecule is CC1C(Br)CC([N+](=O)[O-])C2NC(=O)OC(=O)C12. The molecule has 7 nitrogen and oxygen atoms in total. The van der Waals surface area contributed by atoms with Crippen molar-refractivity contribution in [3.05, 3.63) is 10.1 Å². The minimum absolute atomic E-state index is 0.121. The number of alkyl carbamates (subject to hydrolysis) is 1. The van der Waals surface area contributed by atoms with Crippen LogP contribution in [0.1, 0.15) is 13.3 Å². The van der Waals surface area contributed by atoms with Crippen LogP contribution in [0.25, 0.3) is 0 Å². The molecule has 1 aliphatic carbocycles. The van der Waals surface area contributed by atoms with Crippen LogP contribution in [0.5, 0.6) is 0 Å². The van der Waals surface area contributed by atoms with Gasteiger partial charge in [0.1, 0.15) is 6.04 Å². The molecule has 1 N–H and O–H groups in total. The molecule has 1 aliphatic heterocycles. The third-order valence-corrected chi connectivity index (χ3v) is 4.63. The Hall–Kier alpha value is -1.18. The molecule has 0 radical (unpaired) electrons. The van der Waals surface area contributed by atoms with Crippen molar-refractivity contribution in [1.29, 1.82) is 0 Å². The maximum atomic E-state index is 11.6. The molecule has 1 heterocycles. The largest absolute Gasteiger partial charge is 0.415 e. The summed E-state index contributed by atoms with van der Waals surface area (Å²) in [6.07, 6.45) is -0.619. The molecule has 1 saturated carbocycles. The molecule has 0 spiro atoms. The van der Waals surface area contributed by atoms with Crippen LogP contribution >= 0.6 is 15.9 Å². The number of cyclic esters (lactones) is 2. The molecule has 0 bridgehead atoms. The normalized spacial score (nSPS) is 41.2. The summed E-state index contributed by atoms with van der Waals surface area (Å²) in [7, 11) is 0. The van der Waals surface area contributed by atoms with Crippen LogP contribution in [0.4, 0.5) is 4.79 Å². The number of alkyl halides is 1. The van der Waals surface area contributed by atoms with Gasteiger partial charge in [0, 0.05) is 16.2 Å². The third-order valence-electron chi connectivity index (χ3n) is 3.43. The number of fused-ring (bicyclic) bond motifs is 1. The van der Waals surface area contributed by atoms with Crippen LogP contribution < -0.4 is 5.32 Å². The van der Waals surface area contributed by atoms with E-state index in [9.17, 15) is 19.7 Å². The first-order valence-corrected chi connectivity index (χ1v) is 6.13. The number of carbonyl (C=O) groups is 2. The number of esters is 1. The number of hydrogen-bond donors (Lipinski definition) is 1. The van der Waals surface area contributed by atoms with Crippen molar-refractivity contribution < 1.29 is 19.2 Å². The number of nitro groups is 1. The number of rotatable bonds is 1. The Morgan fingerprint density at radius 3 is 2.76 bits per heavy atom. The highest BCUT2D eigenvalue weighted by Crippen LogP contribution is 2.38. The fourth-order valence-corrected chi connectivity index (χ4v) is 3.18. The van der Waals surface area contributed by atoms with Crippen LogP contribution in [-0.4, -0.2) is 33.9 Å². The van der Waals surface area contributed by atoms with Gasteiger partial charge >= 0.3 is 12.1 Å². The van der Waals surface area contributed by atoms with E-state index in [1.807, 2.05) is 6.92 Å². The van der Waals surface area contributed by atoms with Crippen molar-refractivity contribution in [2.75, 3.05) is 0 Å². The van der Waals surface area contributed by atoms with Gasteiger partial charge in [0.25, 0.3) is 0 Å². The summed E-state index contributed by atoms with van der Waals surface area (Å²) in [5.74, 6) is -1.47. The first kappa shape index (κ1) is 12.3. The van der Waals surface area contributed by atoms with Crippen molar-refractivity contribution in [1.82, 2.24) is 5.32 Å². The molecular formula is C9H11BrN2O5. The molecule has 8 heteroatoms. The molecule has 2 fully saturated rings. The second-order valence-electron chi connectivity index (χ2n) is 4.37. The summed E-state index contributed by atoms with van der Waals surface area (Å²) >= 11 is 3.34. The molecular weight excluding hydrogens is 296 g/mol. The highest BCUT2D eigenvalue weighted by atomic mass is 79.9. The molecule has 5 atom stereocenters. The van der Waals surface area contributed by atoms with Crippen LogP contribution in [-0.2, 0) is 9.53 Å². The highest BCUT2D eigenvalue weighted by molar-refractivity contribution is 9.09. The molecule has 0 aromatic heterocycles. The lowest BCUT2D eigenvalue weighted by Gasteiger charge is -2.41. The average molecular weight is 307 g/mol. The van der Waals surface area contributed by atoms with Gasteiger partial charge in [-0.2, -0.15) is 0 Å². The number of nitrogens with one attached hydrogen (secondary N) is 1. The van der Waals surface area contributed by atoms with Gasteiger partial charge < -0.3 is 10.1 Å². The second kappa shape index (κ2) is 4.25. The van der Waals surface area contributed by atoms with E-state index in [1.54, 1.807) is 0 Å². The van der Waals surface area contributed by atoms with Crippen molar-refractivity contribution in [3.63, 3.8) is 0 Å². The maximum absolute atomic E-state index is 11.6. The number of carbonyl (C=O) groups excluding carboxylic acids is 2. The molecule has 2 aliphatic rings. The van der Waals surface area contributed by atoms with E-state index in [4.69, 9.17) is 0 Å². The van der Waals surface area contributed by atoms with Gasteiger partial charge in [-0.25, -0.2) is 4.79 Å². The van der Waals surface area contributed by atoms with Crippen molar-refractivity contribution in [3.8, 4) is 0 Å². The van der Waals surface area contributed by atoms with Crippen molar-refractivity contribution in [2.24, 2.45) is 11.8 Å². The van der Waals surface area contributed by atoms with E-state index in [1.165, 1.54) is 0 Å². The molecule has 5 unspecified atom stereocenters. The number of halogens is 1. The lowest BCUT2D eigenvalue weighted by Crippen LogP contribution is -2.63. The van der Waals surface area contributed by atoms with E-state index in [2.05, 4.69) is 26.0 Å². The predicted octanol–water partition coefficient (Wildman–Crippen LogP) is 0.686. The summed E-state index contributed by atoms with van der Waals surface area (Å²) in [5, 5.41) is 13.3. The zero-order chi connectivity index (χ0) is 12.7. The summed E-state index contributed by atoms with van der Waals surface area (Å²) in [5.41, 5.74) is 0. The van der Waals surface area contributed by atoms with E-state index < -0.39 is 35.0 Å². The summed E-state index contributed by atoms with van der Waals surface area (Å²) < 4.78 is 4.47. The van der Waals surface area contributed by atoms with E-state index in [0.717, 1.165) is 0 Å². The lowest BCUT2D eigenvalue weighted by molar-refractivity contribution is -0.531. The predicted molar refractivity (Wildman–Crippen MR) is 59.2 cm³/mol. The number of amides is 1. The van der Waals surface area contributed by atoms with Gasteiger partial charge in [0.05, 0.1) is 5.92 Å². The van der Waals surface area contributed by atoms with Gasteiger partial charge in [-0.05, 0) is 5.92 Å². The minimum atomic E-state index is -0.961. The van der Waals surface area contributed by atoms with Gasteiger partial charge in [-0.3, -0.25) is 14.9 Å². The molecule has 1 amide bonds. The first-order chi connectivity index (χ1) is 7.91. The smallest absolute Gasteiger partial charge is 0.376 e. The van der Waals surface area contributed by atoms with Crippen LogP contribution in [0.2, 0.25) is 0 Å². The molecule has 2 rings (SSSR count). The van der Waals surface area contributed by atoms with Crippen molar-refractivity contribution in [2.45, 2.75) is 30.3 Å². The molecule has 17 heavy (non-hydrogen) atoms. The Kier molecular flexibility index (Phi) is 3.07. The average Bonchev–Trinajstić information content (AvgIpc) is 2.21. The summed E-state index contributed by atoms with van der Waals surface area (Å²) in [4.78, 5) is 33.1. The standard InChI is InChI=1S/C9H11BrN2O5/c1-3-4(10)2-5(12(15)16)7-6(3)8(13)17-9(14)11-7/h3-7H,2H2,1H3,(H,11,14). The van der Waals surface area contributed by atoms with Gasteiger partial charge in [0.2, 0.25) is 6.04 Å². The van der Waals surface area contributed by atoms with Crippen LogP contribution in [0, 0.1) is 22.0 Å². The Balaban J connectivity index is 2.33. The Bertz CT molecular complexity index is 388. The number of hydrogen-bond acceptors (Lipinski definition) is 5. The van der Waals surface area contributed by atoms with Gasteiger partial charge in [0.15, 0.2) is 0 Å². The highest BCUT2D eigenvalue weighted by Gasteiger charge is 2.54. The minimum Gasteiger partial charge on any atom is -0.376 e. The Labute approximate surface area is 105 Å². The van der Waals surface area contributed by atoms with Gasteiger partial charge in [-0.1, -0.05) is 22.9 Å². The van der Waals surface area contributed by atoms with Gasteiger partial charge in [-0.15, -0.1) is 0 Å². The first-order valence-electron chi connectivity index (χ1n) is 5.21. The quantitative estimate of drug-likeness (QED) is 0.253. The number of nitrogens with zero attached hydrogens (tertiary/aromatic N) is 1. The Morgan fingerprint density at radius 2 is 2.18 bits per heavy atom. The summed E-state index contributed by atoms with van der Waals surface area (Å²) in [6.45, 7) is 1.81. The van der Waals surface area contributed by atoms with Crippen molar-refractivity contribution >= 4 is 28.0 Å². The fraction of sp³-hybridized carbons (Fsp3) is 0.778. The number of ether oxygens (including phenoxy) is 1. The third kappa shape index (κ3) is 2.01. The maximum Gasteiger partial charge on any atom is 0.415 e. The van der Waals surface area contributed by atoms with E-state index in [-0.39, 0.29) is 17.2 Å². The fourth-order valence-electron chi connectivity index (χ4n) is 2.47. The molecule has 0 aromatic carbocycles. The zero-order valence-electron chi connectivity index (χ0n) is 8.96.